The van der Waals surface area contributed by atoms with Crippen LogP contribution in [0.25, 0.3) is 0 Å². The third kappa shape index (κ3) is 7.84. The lowest BCUT2D eigenvalue weighted by Gasteiger charge is -2.67. The summed E-state index contributed by atoms with van der Waals surface area (Å²) in [5.74, 6) is -1.69. The monoisotopic (exact) mass is 791 g/mol. The van der Waals surface area contributed by atoms with E-state index in [1.54, 1.807) is 13.8 Å². The smallest absolute Gasteiger partial charge is 0.180 e. The van der Waals surface area contributed by atoms with Gasteiger partial charge in [0, 0.05) is 17.3 Å². The summed E-state index contributed by atoms with van der Waals surface area (Å²) < 4.78 is 6.32. The van der Waals surface area contributed by atoms with E-state index in [1.807, 2.05) is 14.0 Å². The molecule has 0 bridgehead atoms. The van der Waals surface area contributed by atoms with E-state index in [9.17, 15) is 30.6 Å². The highest BCUT2D eigenvalue weighted by molar-refractivity contribution is 6.42. The van der Waals surface area contributed by atoms with Crippen LogP contribution >= 0.6 is 0 Å². The van der Waals surface area contributed by atoms with Crippen molar-refractivity contribution in [3.63, 3.8) is 0 Å². The summed E-state index contributed by atoms with van der Waals surface area (Å²) in [6, 6.07) is 0. The summed E-state index contributed by atoms with van der Waals surface area (Å²) in [6.07, 6.45) is 6.05. The molecule has 4 unspecified atom stereocenters. The zero-order valence-electron chi connectivity index (χ0n) is 35.3. The topological polar surface area (TPSA) is 210 Å². The highest BCUT2D eigenvalue weighted by Crippen LogP contribution is 2.71. The number of ether oxygens (including phenoxy) is 1. The lowest BCUT2D eigenvalue weighted by Crippen LogP contribution is -2.73. The van der Waals surface area contributed by atoms with Crippen molar-refractivity contribution >= 4 is 11.5 Å². The Labute approximate surface area is 336 Å². The summed E-state index contributed by atoms with van der Waals surface area (Å²) in [6.45, 7) is 11.7. The van der Waals surface area contributed by atoms with Gasteiger partial charge in [-0.15, -0.1) is 0 Å². The molecular weight excluding hydrogens is 713 g/mol. The van der Waals surface area contributed by atoms with Crippen molar-refractivity contribution in [3.05, 3.63) is 0 Å². The fourth-order valence-electron chi connectivity index (χ4n) is 13.7. The van der Waals surface area contributed by atoms with Gasteiger partial charge < -0.3 is 51.7 Å². The Morgan fingerprint density at radius 2 is 1.84 bits per heavy atom. The number of carbonyl (C=O) groups is 1. The number of aliphatic hydroxyl groups excluding tert-OH is 4. The van der Waals surface area contributed by atoms with E-state index in [4.69, 9.17) is 15.5 Å². The average Bonchev–Trinajstić information content (AvgIpc) is 3.65. The van der Waals surface area contributed by atoms with Crippen molar-refractivity contribution in [3.8, 4) is 0 Å². The molecule has 322 valence electrons. The first kappa shape index (κ1) is 44.5. The van der Waals surface area contributed by atoms with Crippen LogP contribution in [0.4, 0.5) is 0 Å². The molecule has 2 saturated heterocycles. The van der Waals surface area contributed by atoms with Crippen LogP contribution in [0.5, 0.6) is 0 Å². The number of Topliss-reactive ketones (excluding diaryl/α,β-unsaturated/α-hetero) is 1. The van der Waals surface area contributed by atoms with Crippen LogP contribution in [0.1, 0.15) is 125 Å². The highest BCUT2D eigenvalue weighted by atomic mass is 16.5. The molecule has 56 heavy (non-hydrogen) atoms. The molecule has 18 atom stereocenters. The molecule has 0 amide bonds. The SMILES string of the molecule is CCCCCC[C@H]1CO[C@@H]([C@@H](O)[C@](C)(O)[C@@H]2CC[C@]3(O)[C@@H]4C(=NC[C@H](C)O)C(=O)[C@H]5C[C@@H](O)[C@@H](O)C[C@]5(CCC5CCC(N)NC5)C4C(CNC)C[C@]23C)[C@H]1C. The number of nitrogens with two attached hydrogens (primary N) is 1. The van der Waals surface area contributed by atoms with Gasteiger partial charge >= 0.3 is 0 Å². The largest absolute Gasteiger partial charge is 0.391 e. The number of aliphatic imine (C=N–C) groups is 1. The predicted molar refractivity (Wildman–Crippen MR) is 217 cm³/mol. The number of rotatable bonds is 15. The number of ketones is 1. The van der Waals surface area contributed by atoms with Crippen LogP contribution in [0.3, 0.4) is 0 Å². The van der Waals surface area contributed by atoms with Gasteiger partial charge in [-0.2, -0.15) is 0 Å². The van der Waals surface area contributed by atoms with E-state index < -0.39 is 70.3 Å². The predicted octanol–water partition coefficient (Wildman–Crippen LogP) is 2.93. The molecule has 0 radical (unpaired) electrons. The standard InChI is InChI=1S/C44H78N4O8/c1-7-8-9-10-11-28-24-56-39(26(28)3)40(53)42(5,54)33-15-17-44(55)36-35(29(23-46-6)19-41(33,44)4)43(16-14-27-12-13-34(45)47-22-27)20-32(51)31(50)18-30(43)38(52)37(36)48-21-25(2)49/h25-36,39-40,46-47,49-51,53-55H,7-24,45H2,1-6H3/t25-,26-,27?,28-,29?,30+,31+,32-,33+,34?,35?,36-,39+,40+,41+,42+,43-,44-/m0/s1. The minimum Gasteiger partial charge on any atom is -0.391 e. The molecule has 6 fully saturated rings. The molecule has 12 nitrogen and oxygen atoms in total. The second kappa shape index (κ2) is 17.5. The van der Waals surface area contributed by atoms with Crippen LogP contribution in [-0.4, -0.2) is 123 Å². The second-order valence-electron chi connectivity index (χ2n) is 20.2. The van der Waals surface area contributed by atoms with Crippen molar-refractivity contribution in [2.24, 2.45) is 68.9 Å². The molecular formula is C44H78N4O8. The summed E-state index contributed by atoms with van der Waals surface area (Å²) in [4.78, 5) is 20.0. The molecule has 4 saturated carbocycles. The number of aliphatic hydroxyl groups is 6. The summed E-state index contributed by atoms with van der Waals surface area (Å²) >= 11 is 0. The molecule has 6 rings (SSSR count). The Morgan fingerprint density at radius 3 is 2.50 bits per heavy atom. The lowest BCUT2D eigenvalue weighted by atomic mass is 9.38. The zero-order chi connectivity index (χ0) is 40.8. The van der Waals surface area contributed by atoms with Crippen molar-refractivity contribution in [2.45, 2.75) is 172 Å². The van der Waals surface area contributed by atoms with Crippen LogP contribution in [-0.2, 0) is 9.53 Å². The minimum absolute atomic E-state index is 0.00303. The van der Waals surface area contributed by atoms with Gasteiger partial charge in [0.25, 0.3) is 0 Å². The summed E-state index contributed by atoms with van der Waals surface area (Å²) in [5, 5.41) is 78.5. The molecule has 12 heteroatoms. The fraction of sp³-hybridized carbons (Fsp3) is 0.955. The maximum atomic E-state index is 15.2. The second-order valence-corrected chi connectivity index (χ2v) is 20.2. The van der Waals surface area contributed by atoms with Crippen molar-refractivity contribution in [1.82, 2.24) is 10.6 Å². The van der Waals surface area contributed by atoms with Crippen LogP contribution in [0, 0.1) is 58.2 Å². The number of fused-ring (bicyclic) bond motifs is 5. The van der Waals surface area contributed by atoms with Gasteiger partial charge in [0.1, 0.15) is 6.10 Å². The maximum absolute atomic E-state index is 15.2. The van der Waals surface area contributed by atoms with Crippen LogP contribution in [0.15, 0.2) is 4.99 Å². The Kier molecular flexibility index (Phi) is 13.9. The first-order chi connectivity index (χ1) is 26.5. The van der Waals surface area contributed by atoms with Crippen LogP contribution < -0.4 is 16.4 Å². The number of piperidine rings is 1. The first-order valence-electron chi connectivity index (χ1n) is 22.5. The first-order valence-corrected chi connectivity index (χ1v) is 22.5. The number of carbonyl (C=O) groups excluding carboxylic acids is 1. The molecule has 10 N–H and O–H groups in total. The van der Waals surface area contributed by atoms with Crippen molar-refractivity contribution in [2.75, 3.05) is 33.3 Å². The third-order valence-electron chi connectivity index (χ3n) is 16.7. The molecule has 4 aliphatic carbocycles. The number of nitrogens with zero attached hydrogens (tertiary/aromatic N) is 1. The van der Waals surface area contributed by atoms with Gasteiger partial charge in [-0.3, -0.25) is 9.79 Å². The number of hydrogen-bond donors (Lipinski definition) is 9. The number of hydrogen-bond acceptors (Lipinski definition) is 12. The van der Waals surface area contributed by atoms with E-state index >= 15 is 4.79 Å². The lowest BCUT2D eigenvalue weighted by molar-refractivity contribution is -0.237. The number of nitrogens with one attached hydrogen (secondary N) is 2. The van der Waals surface area contributed by atoms with E-state index in [2.05, 4.69) is 24.5 Å². The molecule has 2 aliphatic heterocycles. The van der Waals surface area contributed by atoms with Gasteiger partial charge in [-0.1, -0.05) is 46.5 Å². The summed E-state index contributed by atoms with van der Waals surface area (Å²) in [5.41, 5.74) is 1.72. The van der Waals surface area contributed by atoms with E-state index in [1.165, 1.54) is 19.3 Å². The number of unbranched alkanes of at least 4 members (excludes halogenated alkanes) is 3. The van der Waals surface area contributed by atoms with E-state index in [0.717, 1.165) is 38.6 Å². The Balaban J connectivity index is 1.39. The highest BCUT2D eigenvalue weighted by Gasteiger charge is 2.75. The molecule has 2 heterocycles. The fourth-order valence-corrected chi connectivity index (χ4v) is 13.7. The van der Waals surface area contributed by atoms with E-state index in [0.29, 0.717) is 50.7 Å². The van der Waals surface area contributed by atoms with Crippen LogP contribution in [0.2, 0.25) is 0 Å². The minimum atomic E-state index is -1.61. The molecule has 6 aliphatic rings. The van der Waals surface area contributed by atoms with E-state index in [-0.39, 0.29) is 54.8 Å². The van der Waals surface area contributed by atoms with Gasteiger partial charge in [-0.05, 0) is 139 Å². The Morgan fingerprint density at radius 1 is 1.09 bits per heavy atom. The summed E-state index contributed by atoms with van der Waals surface area (Å²) in [7, 11) is 1.92. The molecule has 0 aromatic carbocycles. The van der Waals surface area contributed by atoms with Gasteiger partial charge in [-0.25, -0.2) is 0 Å². The van der Waals surface area contributed by atoms with Gasteiger partial charge in [0.15, 0.2) is 5.78 Å². The quantitative estimate of drug-likeness (QED) is 0.110. The molecule has 0 aromatic rings. The zero-order valence-corrected chi connectivity index (χ0v) is 35.3. The van der Waals surface area contributed by atoms with Gasteiger partial charge in [0.05, 0.1) is 60.6 Å². The van der Waals surface area contributed by atoms with Crippen molar-refractivity contribution in [1.29, 1.82) is 0 Å². The Hall–Kier alpha value is -1.06. The van der Waals surface area contributed by atoms with Crippen molar-refractivity contribution < 1.29 is 40.2 Å². The third-order valence-corrected chi connectivity index (χ3v) is 16.7. The normalized spacial score (nSPS) is 46.9. The molecule has 0 spiro atoms. The molecule has 0 aromatic heterocycles. The average molecular weight is 791 g/mol. The van der Waals surface area contributed by atoms with Gasteiger partial charge in [0.2, 0.25) is 0 Å². The Bertz CT molecular complexity index is 1370. The maximum Gasteiger partial charge on any atom is 0.180 e.